The standard InChI is InChI=1S/C16H24O4.C12H14O4/c17-15(19-13-7-3-1-4-8-13)11-12-16(18)20-14-9-5-2-6-10-14;1-2-15-11(13)8-12(14)16-9-10-6-4-3-5-7-10/h11-14H,1-10H2;3-7H,2,8-9H2,1H3/b12-11-;. The molecule has 2 saturated carbocycles. The Bertz CT molecular complexity index is 802. The molecule has 0 radical (unpaired) electrons. The van der Waals surface area contributed by atoms with Gasteiger partial charge in [-0.3, -0.25) is 9.59 Å². The fraction of sp³-hybridized carbons (Fsp3) is 0.571. The second-order valence-electron chi connectivity index (χ2n) is 8.86. The lowest BCUT2D eigenvalue weighted by molar-refractivity contribution is -0.155. The minimum absolute atomic E-state index is 0.0234. The molecule has 8 nitrogen and oxygen atoms in total. The van der Waals surface area contributed by atoms with Crippen LogP contribution in [0.15, 0.2) is 42.5 Å². The van der Waals surface area contributed by atoms with Crippen LogP contribution in [0.5, 0.6) is 0 Å². The molecule has 0 N–H and O–H groups in total. The molecule has 8 heteroatoms. The van der Waals surface area contributed by atoms with Crippen LogP contribution in [0.4, 0.5) is 0 Å². The van der Waals surface area contributed by atoms with Crippen molar-refractivity contribution in [3.05, 3.63) is 48.0 Å². The lowest BCUT2D eigenvalue weighted by atomic mass is 9.98. The molecule has 0 atom stereocenters. The zero-order valence-corrected chi connectivity index (χ0v) is 21.2. The van der Waals surface area contributed by atoms with Crippen molar-refractivity contribution in [3.63, 3.8) is 0 Å². The molecule has 0 unspecified atom stereocenters. The van der Waals surface area contributed by atoms with E-state index in [1.54, 1.807) is 6.92 Å². The molecule has 0 heterocycles. The van der Waals surface area contributed by atoms with Crippen LogP contribution < -0.4 is 0 Å². The first-order valence-corrected chi connectivity index (χ1v) is 12.9. The van der Waals surface area contributed by atoms with Gasteiger partial charge in [0.05, 0.1) is 6.61 Å². The Hall–Kier alpha value is -3.16. The van der Waals surface area contributed by atoms with Gasteiger partial charge in [-0.15, -0.1) is 0 Å². The Balaban J connectivity index is 0.000000261. The van der Waals surface area contributed by atoms with E-state index in [9.17, 15) is 19.2 Å². The zero-order valence-electron chi connectivity index (χ0n) is 21.2. The molecule has 198 valence electrons. The van der Waals surface area contributed by atoms with E-state index in [1.165, 1.54) is 25.0 Å². The summed E-state index contributed by atoms with van der Waals surface area (Å²) >= 11 is 0. The van der Waals surface area contributed by atoms with Crippen LogP contribution >= 0.6 is 0 Å². The molecule has 3 rings (SSSR count). The number of hydrogen-bond acceptors (Lipinski definition) is 8. The highest BCUT2D eigenvalue weighted by Gasteiger charge is 2.18. The Morgan fingerprint density at radius 2 is 1.19 bits per heavy atom. The summed E-state index contributed by atoms with van der Waals surface area (Å²) in [6, 6.07) is 9.28. The Morgan fingerprint density at radius 1 is 0.722 bits per heavy atom. The third-order valence-corrected chi connectivity index (χ3v) is 5.86. The van der Waals surface area contributed by atoms with Gasteiger partial charge in [-0.2, -0.15) is 0 Å². The van der Waals surface area contributed by atoms with E-state index in [0.29, 0.717) is 0 Å². The quantitative estimate of drug-likeness (QED) is 0.202. The molecule has 1 aromatic rings. The average molecular weight is 503 g/mol. The van der Waals surface area contributed by atoms with Crippen molar-refractivity contribution in [1.29, 1.82) is 0 Å². The van der Waals surface area contributed by atoms with Gasteiger partial charge in [0.2, 0.25) is 0 Å². The first-order chi connectivity index (χ1) is 17.5. The lowest BCUT2D eigenvalue weighted by Gasteiger charge is -2.21. The second-order valence-corrected chi connectivity index (χ2v) is 8.86. The lowest BCUT2D eigenvalue weighted by Crippen LogP contribution is -2.21. The SMILES string of the molecule is CCOC(=O)CC(=O)OCc1ccccc1.O=C(/C=C\C(=O)OC1CCCCC1)OC1CCCCC1. The summed E-state index contributed by atoms with van der Waals surface area (Å²) in [5.41, 5.74) is 0.889. The van der Waals surface area contributed by atoms with Crippen LogP contribution in [0.3, 0.4) is 0 Å². The molecular weight excluding hydrogens is 464 g/mol. The third-order valence-electron chi connectivity index (χ3n) is 5.86. The van der Waals surface area contributed by atoms with Gasteiger partial charge in [0.1, 0.15) is 25.2 Å². The number of hydrogen-bond donors (Lipinski definition) is 0. The fourth-order valence-electron chi connectivity index (χ4n) is 4.03. The second kappa shape index (κ2) is 17.3. The minimum Gasteiger partial charge on any atom is -0.466 e. The smallest absolute Gasteiger partial charge is 0.331 e. The Labute approximate surface area is 213 Å². The molecule has 2 aliphatic carbocycles. The van der Waals surface area contributed by atoms with Gasteiger partial charge in [-0.1, -0.05) is 43.2 Å². The maximum Gasteiger partial charge on any atom is 0.331 e. The maximum atomic E-state index is 11.6. The van der Waals surface area contributed by atoms with Crippen molar-refractivity contribution in [2.45, 2.75) is 96.4 Å². The van der Waals surface area contributed by atoms with Crippen LogP contribution in [-0.4, -0.2) is 42.7 Å². The predicted molar refractivity (Wildman–Crippen MR) is 133 cm³/mol. The number of ether oxygens (including phenoxy) is 4. The summed E-state index contributed by atoms with van der Waals surface area (Å²) in [7, 11) is 0. The van der Waals surface area contributed by atoms with Gasteiger partial charge in [-0.25, -0.2) is 9.59 Å². The van der Waals surface area contributed by atoms with Crippen molar-refractivity contribution in [3.8, 4) is 0 Å². The van der Waals surface area contributed by atoms with Crippen LogP contribution in [0.1, 0.15) is 83.1 Å². The number of rotatable bonds is 9. The van der Waals surface area contributed by atoms with Gasteiger partial charge >= 0.3 is 23.9 Å². The fourth-order valence-corrected chi connectivity index (χ4v) is 4.03. The first kappa shape index (κ1) is 29.1. The summed E-state index contributed by atoms with van der Waals surface area (Å²) in [6.07, 6.45) is 12.8. The summed E-state index contributed by atoms with van der Waals surface area (Å²) in [4.78, 5) is 45.3. The highest BCUT2D eigenvalue weighted by atomic mass is 16.6. The number of carbonyl (C=O) groups excluding carboxylic acids is 4. The monoisotopic (exact) mass is 502 g/mol. The molecule has 2 aliphatic rings. The number of benzene rings is 1. The minimum atomic E-state index is -0.567. The van der Waals surface area contributed by atoms with Crippen molar-refractivity contribution in [2.24, 2.45) is 0 Å². The summed E-state index contributed by atoms with van der Waals surface area (Å²) in [6.45, 7) is 2.14. The van der Waals surface area contributed by atoms with E-state index >= 15 is 0 Å². The van der Waals surface area contributed by atoms with Gasteiger partial charge in [0.25, 0.3) is 0 Å². The van der Waals surface area contributed by atoms with Gasteiger partial charge in [0, 0.05) is 12.2 Å². The molecular formula is C28H38O8. The summed E-state index contributed by atoms with van der Waals surface area (Å²) in [5, 5.41) is 0. The Kier molecular flexibility index (Phi) is 14.0. The van der Waals surface area contributed by atoms with E-state index in [1.807, 2.05) is 30.3 Å². The van der Waals surface area contributed by atoms with Crippen molar-refractivity contribution in [2.75, 3.05) is 6.61 Å². The van der Waals surface area contributed by atoms with Gasteiger partial charge in [-0.05, 0) is 63.9 Å². The van der Waals surface area contributed by atoms with E-state index in [0.717, 1.165) is 56.9 Å². The maximum absolute atomic E-state index is 11.6. The normalized spacial score (nSPS) is 16.4. The molecule has 0 aromatic heterocycles. The van der Waals surface area contributed by atoms with E-state index in [2.05, 4.69) is 4.74 Å². The molecule has 0 aliphatic heterocycles. The number of carbonyl (C=O) groups is 4. The van der Waals surface area contributed by atoms with E-state index in [4.69, 9.17) is 14.2 Å². The van der Waals surface area contributed by atoms with Gasteiger partial charge in [0.15, 0.2) is 0 Å². The van der Waals surface area contributed by atoms with Gasteiger partial charge < -0.3 is 18.9 Å². The highest BCUT2D eigenvalue weighted by molar-refractivity contribution is 5.92. The van der Waals surface area contributed by atoms with Crippen LogP contribution in [0, 0.1) is 0 Å². The molecule has 36 heavy (non-hydrogen) atoms. The highest BCUT2D eigenvalue weighted by Crippen LogP contribution is 2.21. The van der Waals surface area contributed by atoms with E-state index < -0.39 is 23.9 Å². The van der Waals surface area contributed by atoms with Crippen molar-refractivity contribution < 1.29 is 38.1 Å². The molecule has 2 fully saturated rings. The Morgan fingerprint density at radius 3 is 1.67 bits per heavy atom. The molecule has 0 spiro atoms. The first-order valence-electron chi connectivity index (χ1n) is 12.9. The van der Waals surface area contributed by atoms with Crippen LogP contribution in [-0.2, 0) is 44.7 Å². The van der Waals surface area contributed by atoms with Crippen molar-refractivity contribution in [1.82, 2.24) is 0 Å². The molecule has 1 aromatic carbocycles. The molecule has 0 bridgehead atoms. The van der Waals surface area contributed by atoms with E-state index in [-0.39, 0.29) is 31.8 Å². The van der Waals surface area contributed by atoms with Crippen LogP contribution in [0.2, 0.25) is 0 Å². The predicted octanol–water partition coefficient (Wildman–Crippen LogP) is 4.98. The third kappa shape index (κ3) is 13.1. The van der Waals surface area contributed by atoms with Crippen molar-refractivity contribution >= 4 is 23.9 Å². The summed E-state index contributed by atoms with van der Waals surface area (Å²) < 4.78 is 20.1. The zero-order chi connectivity index (χ0) is 26.0. The van der Waals surface area contributed by atoms with Crippen LogP contribution in [0.25, 0.3) is 0 Å². The molecule has 0 amide bonds. The number of esters is 4. The summed E-state index contributed by atoms with van der Waals surface area (Å²) in [5.74, 6) is -1.99. The average Bonchev–Trinajstić information content (AvgIpc) is 2.89. The molecule has 0 saturated heterocycles. The topological polar surface area (TPSA) is 105 Å². The largest absolute Gasteiger partial charge is 0.466 e.